The number of nitriles is 1. The van der Waals surface area contributed by atoms with Gasteiger partial charge in [-0.05, 0) is 69.0 Å². The Balaban J connectivity index is 1.78. The van der Waals surface area contributed by atoms with Crippen molar-refractivity contribution >= 4 is 35.2 Å². The highest BCUT2D eigenvalue weighted by atomic mass is 35.5. The Hall–Kier alpha value is -2.26. The molecule has 1 aliphatic heterocycles. The van der Waals surface area contributed by atoms with E-state index >= 15 is 0 Å². The van der Waals surface area contributed by atoms with Gasteiger partial charge in [-0.25, -0.2) is 0 Å². The van der Waals surface area contributed by atoms with E-state index in [2.05, 4.69) is 9.88 Å². The zero-order valence-corrected chi connectivity index (χ0v) is 18.8. The first-order valence-corrected chi connectivity index (χ1v) is 10.7. The summed E-state index contributed by atoms with van der Waals surface area (Å²) in [5.41, 5.74) is 3.73. The van der Waals surface area contributed by atoms with Crippen LogP contribution in [0.2, 0.25) is 10.0 Å². The molecule has 1 N–H and O–H groups in total. The minimum Gasteiger partial charge on any atom is -0.376 e. The van der Waals surface area contributed by atoms with Gasteiger partial charge < -0.3 is 14.6 Å². The summed E-state index contributed by atoms with van der Waals surface area (Å²) < 4.78 is 7.93. The Morgan fingerprint density at radius 1 is 1.40 bits per heavy atom. The molecule has 2 atom stereocenters. The van der Waals surface area contributed by atoms with Crippen molar-refractivity contribution in [3.63, 3.8) is 0 Å². The van der Waals surface area contributed by atoms with Gasteiger partial charge in [0.25, 0.3) is 5.91 Å². The zero-order chi connectivity index (χ0) is 21.8. The quantitative estimate of drug-likeness (QED) is 0.479. The van der Waals surface area contributed by atoms with Crippen LogP contribution in [0.3, 0.4) is 0 Å². The van der Waals surface area contributed by atoms with Gasteiger partial charge in [0.1, 0.15) is 11.6 Å². The summed E-state index contributed by atoms with van der Waals surface area (Å²) >= 11 is 12.2. The third-order valence-corrected chi connectivity index (χ3v) is 6.03. The van der Waals surface area contributed by atoms with E-state index in [1.54, 1.807) is 24.3 Å². The van der Waals surface area contributed by atoms with Gasteiger partial charge in [-0.15, -0.1) is 0 Å². The molecule has 30 heavy (non-hydrogen) atoms. The fourth-order valence-electron chi connectivity index (χ4n) is 3.76. The first kappa shape index (κ1) is 22.4. The van der Waals surface area contributed by atoms with Crippen LogP contribution in [0.25, 0.3) is 6.08 Å². The molecule has 3 rings (SSSR count). The van der Waals surface area contributed by atoms with E-state index < -0.39 is 5.91 Å². The van der Waals surface area contributed by atoms with Crippen molar-refractivity contribution in [1.29, 1.82) is 5.26 Å². The van der Waals surface area contributed by atoms with Gasteiger partial charge in [0.2, 0.25) is 0 Å². The number of aryl methyl sites for hydroxylation is 1. The van der Waals surface area contributed by atoms with Gasteiger partial charge >= 0.3 is 0 Å². The molecule has 158 valence electrons. The molecule has 1 fully saturated rings. The van der Waals surface area contributed by atoms with Crippen molar-refractivity contribution in [2.24, 2.45) is 0 Å². The highest BCUT2D eigenvalue weighted by Gasteiger charge is 2.20. The number of carbonyl (C=O) groups is 1. The van der Waals surface area contributed by atoms with Crippen LogP contribution in [0.5, 0.6) is 0 Å². The van der Waals surface area contributed by atoms with Crippen molar-refractivity contribution < 1.29 is 9.53 Å². The molecule has 0 saturated carbocycles. The van der Waals surface area contributed by atoms with Crippen molar-refractivity contribution in [1.82, 2.24) is 9.88 Å². The number of hydrogen-bond acceptors (Lipinski definition) is 3. The minimum absolute atomic E-state index is 0.0457. The first-order valence-electron chi connectivity index (χ1n) is 9.96. The average Bonchev–Trinajstić information content (AvgIpc) is 3.29. The lowest BCUT2D eigenvalue weighted by Crippen LogP contribution is -2.27. The predicted molar refractivity (Wildman–Crippen MR) is 119 cm³/mol. The van der Waals surface area contributed by atoms with Crippen molar-refractivity contribution in [2.75, 3.05) is 6.61 Å². The van der Waals surface area contributed by atoms with Crippen LogP contribution in [0.1, 0.15) is 48.3 Å². The minimum atomic E-state index is -0.444. The molecule has 1 aromatic carbocycles. The number of ether oxygens (including phenoxy) is 1. The van der Waals surface area contributed by atoms with Gasteiger partial charge in [-0.2, -0.15) is 5.26 Å². The van der Waals surface area contributed by atoms with Crippen LogP contribution in [-0.4, -0.2) is 23.2 Å². The van der Waals surface area contributed by atoms with Crippen LogP contribution in [0.15, 0.2) is 29.8 Å². The summed E-state index contributed by atoms with van der Waals surface area (Å²) in [5.74, 6) is -0.444. The Labute approximate surface area is 187 Å². The summed E-state index contributed by atoms with van der Waals surface area (Å²) in [6.45, 7) is 7.43. The SMILES string of the molecule is Cc1cc(/C=C(\C#N)C(=O)NC(C)c2ccc(Cl)cc2Cl)c(C)n1CC1CCCO1. The number of rotatable bonds is 6. The molecule has 0 radical (unpaired) electrons. The molecule has 2 heterocycles. The molecule has 7 heteroatoms. The van der Waals surface area contributed by atoms with Crippen LogP contribution in [-0.2, 0) is 16.1 Å². The molecular weight excluding hydrogens is 421 g/mol. The van der Waals surface area contributed by atoms with Gasteiger partial charge in [-0.1, -0.05) is 29.3 Å². The molecule has 1 amide bonds. The average molecular weight is 446 g/mol. The Morgan fingerprint density at radius 3 is 2.80 bits per heavy atom. The van der Waals surface area contributed by atoms with Crippen molar-refractivity contribution in [3.05, 3.63) is 62.4 Å². The lowest BCUT2D eigenvalue weighted by Gasteiger charge is -2.16. The van der Waals surface area contributed by atoms with Gasteiger partial charge in [0, 0.05) is 34.6 Å². The van der Waals surface area contributed by atoms with Crippen LogP contribution in [0.4, 0.5) is 0 Å². The van der Waals surface area contributed by atoms with E-state index in [0.717, 1.165) is 48.5 Å². The Kier molecular flexibility index (Phi) is 7.25. The van der Waals surface area contributed by atoms with E-state index in [-0.39, 0.29) is 17.7 Å². The molecule has 2 aromatic rings. The molecule has 1 saturated heterocycles. The highest BCUT2D eigenvalue weighted by molar-refractivity contribution is 6.35. The number of benzene rings is 1. The number of amides is 1. The molecule has 0 bridgehead atoms. The number of hydrogen-bond donors (Lipinski definition) is 1. The zero-order valence-electron chi connectivity index (χ0n) is 17.3. The maximum absolute atomic E-state index is 12.7. The lowest BCUT2D eigenvalue weighted by molar-refractivity contribution is -0.117. The Bertz CT molecular complexity index is 1010. The van der Waals surface area contributed by atoms with E-state index in [1.807, 2.05) is 32.9 Å². The predicted octanol–water partition coefficient (Wildman–Crippen LogP) is 5.38. The van der Waals surface area contributed by atoms with Crippen molar-refractivity contribution in [2.45, 2.75) is 52.3 Å². The summed E-state index contributed by atoms with van der Waals surface area (Å²) in [5, 5.41) is 13.4. The summed E-state index contributed by atoms with van der Waals surface area (Å²) in [4.78, 5) is 12.7. The highest BCUT2D eigenvalue weighted by Crippen LogP contribution is 2.27. The topological polar surface area (TPSA) is 67.0 Å². The second-order valence-electron chi connectivity index (χ2n) is 7.60. The Morgan fingerprint density at radius 2 is 2.17 bits per heavy atom. The molecular formula is C23H25Cl2N3O2. The smallest absolute Gasteiger partial charge is 0.262 e. The van der Waals surface area contributed by atoms with E-state index in [4.69, 9.17) is 27.9 Å². The lowest BCUT2D eigenvalue weighted by atomic mass is 10.1. The maximum Gasteiger partial charge on any atom is 0.262 e. The van der Waals surface area contributed by atoms with Crippen LogP contribution in [0, 0.1) is 25.2 Å². The third-order valence-electron chi connectivity index (χ3n) is 5.46. The number of aromatic nitrogens is 1. The fourth-order valence-corrected chi connectivity index (χ4v) is 4.33. The standard InChI is InChI=1S/C23H25Cl2N3O2/c1-14-9-17(16(3)28(14)13-20-5-4-8-30-20)10-18(12-26)23(29)27-15(2)21-7-6-19(24)11-22(21)25/h6-7,9-11,15,20H,4-5,8,13H2,1-3H3,(H,27,29)/b18-10+. The number of halogens is 2. The largest absolute Gasteiger partial charge is 0.376 e. The van der Waals surface area contributed by atoms with Gasteiger partial charge in [0.05, 0.1) is 12.1 Å². The second kappa shape index (κ2) is 9.70. The third kappa shape index (κ3) is 5.07. The van der Waals surface area contributed by atoms with E-state index in [9.17, 15) is 10.1 Å². The number of nitrogens with one attached hydrogen (secondary N) is 1. The molecule has 1 aromatic heterocycles. The van der Waals surface area contributed by atoms with Gasteiger partial charge in [0.15, 0.2) is 0 Å². The van der Waals surface area contributed by atoms with E-state index in [0.29, 0.717) is 10.0 Å². The summed E-state index contributed by atoms with van der Waals surface area (Å²) in [6.07, 6.45) is 4.00. The molecule has 5 nitrogen and oxygen atoms in total. The maximum atomic E-state index is 12.7. The van der Waals surface area contributed by atoms with Crippen molar-refractivity contribution in [3.8, 4) is 6.07 Å². The van der Waals surface area contributed by atoms with Crippen LogP contribution >= 0.6 is 23.2 Å². The molecule has 0 aliphatic carbocycles. The summed E-state index contributed by atoms with van der Waals surface area (Å²) in [6, 6.07) is 8.76. The summed E-state index contributed by atoms with van der Waals surface area (Å²) in [7, 11) is 0. The molecule has 2 unspecified atom stereocenters. The normalized spacial score (nSPS) is 17.6. The second-order valence-corrected chi connectivity index (χ2v) is 8.45. The fraction of sp³-hybridized carbons (Fsp3) is 0.391. The number of nitrogens with zero attached hydrogens (tertiary/aromatic N) is 2. The first-order chi connectivity index (χ1) is 14.3. The molecule has 0 spiro atoms. The van der Waals surface area contributed by atoms with Gasteiger partial charge in [-0.3, -0.25) is 4.79 Å². The van der Waals surface area contributed by atoms with E-state index in [1.165, 1.54) is 0 Å². The monoisotopic (exact) mass is 445 g/mol. The molecule has 1 aliphatic rings. The van der Waals surface area contributed by atoms with Crippen LogP contribution < -0.4 is 5.32 Å². The number of carbonyl (C=O) groups excluding carboxylic acids is 1.